The SMILES string of the molecule is COc1ccc(-n2nc(C(=O)NCc3ccccn3)c(=O)n(Cc3cccc(C)c3)c2=O)cc1. The van der Waals surface area contributed by atoms with Gasteiger partial charge in [0.15, 0.2) is 0 Å². The van der Waals surface area contributed by atoms with Gasteiger partial charge in [0, 0.05) is 6.20 Å². The molecule has 1 amide bonds. The molecule has 0 saturated heterocycles. The van der Waals surface area contributed by atoms with E-state index in [0.717, 1.165) is 20.4 Å². The zero-order valence-corrected chi connectivity index (χ0v) is 18.8. The third-order valence-electron chi connectivity index (χ3n) is 5.17. The quantitative estimate of drug-likeness (QED) is 0.455. The van der Waals surface area contributed by atoms with Crippen LogP contribution in [-0.2, 0) is 13.1 Å². The third-order valence-corrected chi connectivity index (χ3v) is 5.17. The Morgan fingerprint density at radius 1 is 1.03 bits per heavy atom. The summed E-state index contributed by atoms with van der Waals surface area (Å²) in [6.45, 7) is 2.03. The average Bonchev–Trinajstić information content (AvgIpc) is 2.86. The Balaban J connectivity index is 1.78. The van der Waals surface area contributed by atoms with Crippen molar-refractivity contribution in [3.8, 4) is 11.4 Å². The molecule has 0 unspecified atom stereocenters. The predicted molar refractivity (Wildman–Crippen MR) is 126 cm³/mol. The first-order valence-corrected chi connectivity index (χ1v) is 10.6. The van der Waals surface area contributed by atoms with Crippen molar-refractivity contribution < 1.29 is 9.53 Å². The number of ether oxygens (including phenoxy) is 1. The first-order valence-electron chi connectivity index (χ1n) is 10.6. The number of hydrogen-bond donors (Lipinski definition) is 1. The van der Waals surface area contributed by atoms with E-state index in [-0.39, 0.29) is 18.8 Å². The Hall–Kier alpha value is -4.53. The van der Waals surface area contributed by atoms with Crippen LogP contribution in [0.2, 0.25) is 0 Å². The van der Waals surface area contributed by atoms with Gasteiger partial charge in [0.25, 0.3) is 11.5 Å². The van der Waals surface area contributed by atoms with Gasteiger partial charge in [0.2, 0.25) is 5.69 Å². The number of aromatic nitrogens is 4. The molecule has 2 aromatic carbocycles. The highest BCUT2D eigenvalue weighted by atomic mass is 16.5. The third kappa shape index (κ3) is 4.93. The van der Waals surface area contributed by atoms with Gasteiger partial charge in [0.05, 0.1) is 31.6 Å². The van der Waals surface area contributed by atoms with Gasteiger partial charge < -0.3 is 10.1 Å². The van der Waals surface area contributed by atoms with E-state index in [4.69, 9.17) is 4.74 Å². The topological polar surface area (TPSA) is 108 Å². The number of methoxy groups -OCH3 is 1. The minimum atomic E-state index is -0.769. The van der Waals surface area contributed by atoms with Crippen LogP contribution in [0, 0.1) is 6.92 Å². The molecule has 0 saturated carbocycles. The lowest BCUT2D eigenvalue weighted by Gasteiger charge is -2.13. The number of nitrogens with one attached hydrogen (secondary N) is 1. The summed E-state index contributed by atoms with van der Waals surface area (Å²) < 4.78 is 7.23. The maximum Gasteiger partial charge on any atom is 0.352 e. The lowest BCUT2D eigenvalue weighted by molar-refractivity contribution is 0.0940. The van der Waals surface area contributed by atoms with Gasteiger partial charge in [-0.25, -0.2) is 4.79 Å². The summed E-state index contributed by atoms with van der Waals surface area (Å²) in [5.74, 6) is -0.103. The predicted octanol–water partition coefficient (Wildman–Crippen LogP) is 2.08. The van der Waals surface area contributed by atoms with Crippen LogP contribution in [0.3, 0.4) is 0 Å². The van der Waals surface area contributed by atoms with Crippen LogP contribution in [-0.4, -0.2) is 32.3 Å². The van der Waals surface area contributed by atoms with E-state index in [9.17, 15) is 14.4 Å². The zero-order chi connectivity index (χ0) is 24.1. The minimum Gasteiger partial charge on any atom is -0.497 e. The van der Waals surface area contributed by atoms with Crippen molar-refractivity contribution in [2.24, 2.45) is 0 Å². The van der Waals surface area contributed by atoms with E-state index in [1.54, 1.807) is 48.7 Å². The van der Waals surface area contributed by atoms with Crippen molar-refractivity contribution >= 4 is 5.91 Å². The van der Waals surface area contributed by atoms with E-state index in [1.807, 2.05) is 31.2 Å². The number of benzene rings is 2. The normalized spacial score (nSPS) is 10.6. The average molecular weight is 457 g/mol. The van der Waals surface area contributed by atoms with Gasteiger partial charge in [-0.3, -0.25) is 19.1 Å². The fourth-order valence-electron chi connectivity index (χ4n) is 3.44. The van der Waals surface area contributed by atoms with Gasteiger partial charge in [0.1, 0.15) is 5.75 Å². The summed E-state index contributed by atoms with van der Waals surface area (Å²) in [4.78, 5) is 43.6. The number of rotatable bonds is 7. The zero-order valence-electron chi connectivity index (χ0n) is 18.8. The molecule has 34 heavy (non-hydrogen) atoms. The largest absolute Gasteiger partial charge is 0.497 e. The number of pyridine rings is 1. The number of hydrogen-bond acceptors (Lipinski definition) is 6. The lowest BCUT2D eigenvalue weighted by atomic mass is 10.1. The molecule has 1 N–H and O–H groups in total. The minimum absolute atomic E-state index is 0.00145. The van der Waals surface area contributed by atoms with Crippen LogP contribution in [0.1, 0.15) is 27.3 Å². The Bertz CT molecular complexity index is 1430. The highest BCUT2D eigenvalue weighted by molar-refractivity contribution is 5.91. The number of carbonyl (C=O) groups excluding carboxylic acids is 1. The van der Waals surface area contributed by atoms with Crippen molar-refractivity contribution in [3.05, 3.63) is 116 Å². The molecule has 0 fully saturated rings. The Labute approximate surface area is 195 Å². The molecule has 0 bridgehead atoms. The van der Waals surface area contributed by atoms with Crippen molar-refractivity contribution in [2.45, 2.75) is 20.0 Å². The maximum atomic E-state index is 13.3. The summed E-state index contributed by atoms with van der Waals surface area (Å²) in [5, 5.41) is 6.79. The van der Waals surface area contributed by atoms with Crippen molar-refractivity contribution in [1.29, 1.82) is 0 Å². The Kier molecular flexibility index (Phi) is 6.63. The number of amides is 1. The molecule has 0 aliphatic heterocycles. The monoisotopic (exact) mass is 457 g/mol. The number of aryl methyl sites for hydroxylation is 1. The lowest BCUT2D eigenvalue weighted by Crippen LogP contribution is -2.46. The summed E-state index contributed by atoms with van der Waals surface area (Å²) in [5.41, 5.74) is 0.948. The first-order chi connectivity index (χ1) is 16.5. The molecule has 0 spiro atoms. The summed E-state index contributed by atoms with van der Waals surface area (Å²) in [6, 6.07) is 19.4. The molecule has 9 nitrogen and oxygen atoms in total. The second-order valence-corrected chi connectivity index (χ2v) is 7.63. The van der Waals surface area contributed by atoms with E-state index < -0.39 is 17.2 Å². The molecule has 0 radical (unpaired) electrons. The summed E-state index contributed by atoms with van der Waals surface area (Å²) >= 11 is 0. The molecule has 4 aromatic rings. The fourth-order valence-corrected chi connectivity index (χ4v) is 3.44. The fraction of sp³-hybridized carbons (Fsp3) is 0.160. The van der Waals surface area contributed by atoms with E-state index >= 15 is 0 Å². The van der Waals surface area contributed by atoms with Crippen LogP contribution in [0.5, 0.6) is 5.75 Å². The number of carbonyl (C=O) groups is 1. The van der Waals surface area contributed by atoms with Crippen molar-refractivity contribution in [3.63, 3.8) is 0 Å². The van der Waals surface area contributed by atoms with Gasteiger partial charge in [-0.05, 0) is 48.9 Å². The summed E-state index contributed by atoms with van der Waals surface area (Å²) in [7, 11) is 1.53. The molecule has 0 aliphatic carbocycles. The Morgan fingerprint density at radius 2 is 1.82 bits per heavy atom. The van der Waals surface area contributed by atoms with Gasteiger partial charge in [-0.1, -0.05) is 35.9 Å². The molecule has 4 rings (SSSR count). The van der Waals surface area contributed by atoms with Crippen LogP contribution in [0.25, 0.3) is 5.69 Å². The van der Waals surface area contributed by atoms with Gasteiger partial charge in [-0.2, -0.15) is 9.78 Å². The maximum absolute atomic E-state index is 13.3. The van der Waals surface area contributed by atoms with Crippen molar-refractivity contribution in [2.75, 3.05) is 7.11 Å². The van der Waals surface area contributed by atoms with Crippen LogP contribution < -0.4 is 21.3 Å². The second kappa shape index (κ2) is 9.95. The first kappa shape index (κ1) is 22.7. The molecule has 9 heteroatoms. The van der Waals surface area contributed by atoms with Gasteiger partial charge in [-0.15, -0.1) is 0 Å². The molecular weight excluding hydrogens is 434 g/mol. The van der Waals surface area contributed by atoms with E-state index in [2.05, 4.69) is 15.4 Å². The van der Waals surface area contributed by atoms with Gasteiger partial charge >= 0.3 is 5.69 Å². The van der Waals surface area contributed by atoms with E-state index in [1.165, 1.54) is 7.11 Å². The highest BCUT2D eigenvalue weighted by Crippen LogP contribution is 2.13. The molecule has 172 valence electrons. The van der Waals surface area contributed by atoms with Crippen LogP contribution in [0.4, 0.5) is 0 Å². The smallest absolute Gasteiger partial charge is 0.352 e. The molecule has 2 aromatic heterocycles. The second-order valence-electron chi connectivity index (χ2n) is 7.63. The van der Waals surface area contributed by atoms with E-state index in [0.29, 0.717) is 17.1 Å². The highest BCUT2D eigenvalue weighted by Gasteiger charge is 2.20. The Morgan fingerprint density at radius 3 is 2.50 bits per heavy atom. The van der Waals surface area contributed by atoms with Crippen molar-refractivity contribution in [1.82, 2.24) is 24.6 Å². The molecular formula is C25H23N5O4. The standard InChI is InChI=1S/C25H23N5O4/c1-17-6-5-7-18(14-17)16-29-24(32)22(23(31)27-15-19-8-3-4-13-26-19)28-30(25(29)33)20-9-11-21(34-2)12-10-20/h3-14H,15-16H2,1-2H3,(H,27,31). The summed E-state index contributed by atoms with van der Waals surface area (Å²) in [6.07, 6.45) is 1.61. The molecule has 0 aliphatic rings. The number of nitrogens with zero attached hydrogens (tertiary/aromatic N) is 4. The molecule has 0 atom stereocenters. The van der Waals surface area contributed by atoms with Crippen LogP contribution >= 0.6 is 0 Å². The van der Waals surface area contributed by atoms with Crippen LogP contribution in [0.15, 0.2) is 82.5 Å². The molecule has 2 heterocycles.